The number of halogens is 2. The highest BCUT2D eigenvalue weighted by molar-refractivity contribution is 7.09. The maximum absolute atomic E-state index is 12.0. The largest absolute Gasteiger partial charge is 0.348 e. The molecule has 1 saturated heterocycles. The number of thiazole rings is 1. The van der Waals surface area contributed by atoms with Crippen molar-refractivity contribution in [3.8, 4) is 0 Å². The second-order valence-electron chi connectivity index (χ2n) is 5.22. The van der Waals surface area contributed by atoms with E-state index in [1.54, 1.807) is 11.3 Å². The summed E-state index contributed by atoms with van der Waals surface area (Å²) >= 11 is 1.58. The minimum Gasteiger partial charge on any atom is -0.348 e. The van der Waals surface area contributed by atoms with E-state index in [1.807, 2.05) is 5.38 Å². The van der Waals surface area contributed by atoms with Gasteiger partial charge in [0.1, 0.15) is 5.69 Å². The molecule has 0 spiro atoms. The van der Waals surface area contributed by atoms with E-state index in [4.69, 9.17) is 0 Å². The second kappa shape index (κ2) is 9.55. The zero-order valence-corrected chi connectivity index (χ0v) is 14.3. The standard InChI is InChI=1S/C13H21N3OS.2ClH/c1-9(2)7-12-16-11(8-18-12)13(17)15-10-3-5-14-6-4-10;;/h8-10,14H,3-7H2,1-2H3,(H,15,17);2*1H. The van der Waals surface area contributed by atoms with E-state index in [9.17, 15) is 4.79 Å². The summed E-state index contributed by atoms with van der Waals surface area (Å²) in [5.74, 6) is 0.560. The molecule has 116 valence electrons. The molecular formula is C13H23Cl2N3OS. The normalized spacial score (nSPS) is 15.3. The Kier molecular flexibility index (Phi) is 9.38. The molecule has 0 aliphatic carbocycles. The third kappa shape index (κ3) is 5.95. The highest BCUT2D eigenvalue weighted by Crippen LogP contribution is 2.14. The van der Waals surface area contributed by atoms with Gasteiger partial charge in [-0.05, 0) is 31.8 Å². The fourth-order valence-electron chi connectivity index (χ4n) is 2.08. The molecule has 20 heavy (non-hydrogen) atoms. The fraction of sp³-hybridized carbons (Fsp3) is 0.692. The Morgan fingerprint density at radius 3 is 2.70 bits per heavy atom. The molecule has 4 nitrogen and oxygen atoms in total. The summed E-state index contributed by atoms with van der Waals surface area (Å²) in [4.78, 5) is 16.4. The highest BCUT2D eigenvalue weighted by Gasteiger charge is 2.18. The Hall–Kier alpha value is -0.360. The van der Waals surface area contributed by atoms with Crippen molar-refractivity contribution < 1.29 is 4.79 Å². The molecular weight excluding hydrogens is 317 g/mol. The van der Waals surface area contributed by atoms with Crippen molar-refractivity contribution in [1.29, 1.82) is 0 Å². The van der Waals surface area contributed by atoms with Gasteiger partial charge in [0.15, 0.2) is 0 Å². The van der Waals surface area contributed by atoms with Crippen LogP contribution in [0.15, 0.2) is 5.38 Å². The molecule has 0 unspecified atom stereocenters. The van der Waals surface area contributed by atoms with Crippen LogP contribution in [-0.2, 0) is 6.42 Å². The topological polar surface area (TPSA) is 54.0 Å². The van der Waals surface area contributed by atoms with E-state index >= 15 is 0 Å². The van der Waals surface area contributed by atoms with Crippen LogP contribution < -0.4 is 10.6 Å². The number of carbonyl (C=O) groups is 1. The lowest BCUT2D eigenvalue weighted by molar-refractivity contribution is 0.0925. The molecule has 2 heterocycles. The monoisotopic (exact) mass is 339 g/mol. The van der Waals surface area contributed by atoms with Crippen LogP contribution in [0.5, 0.6) is 0 Å². The van der Waals surface area contributed by atoms with Gasteiger partial charge in [0.05, 0.1) is 5.01 Å². The Bertz CT molecular complexity index is 406. The number of aromatic nitrogens is 1. The first kappa shape index (κ1) is 19.6. The van der Waals surface area contributed by atoms with Crippen molar-refractivity contribution in [2.45, 2.75) is 39.2 Å². The lowest BCUT2D eigenvalue weighted by Gasteiger charge is -2.23. The van der Waals surface area contributed by atoms with Gasteiger partial charge in [-0.25, -0.2) is 4.98 Å². The molecule has 1 aliphatic rings. The van der Waals surface area contributed by atoms with E-state index in [1.165, 1.54) is 0 Å². The zero-order valence-electron chi connectivity index (χ0n) is 11.8. The highest BCUT2D eigenvalue weighted by atomic mass is 35.5. The molecule has 2 rings (SSSR count). The lowest BCUT2D eigenvalue weighted by atomic mass is 10.1. The summed E-state index contributed by atoms with van der Waals surface area (Å²) in [7, 11) is 0. The lowest BCUT2D eigenvalue weighted by Crippen LogP contribution is -2.42. The van der Waals surface area contributed by atoms with Crippen molar-refractivity contribution in [2.75, 3.05) is 13.1 Å². The number of carbonyl (C=O) groups excluding carboxylic acids is 1. The molecule has 2 N–H and O–H groups in total. The van der Waals surface area contributed by atoms with E-state index in [0.717, 1.165) is 37.4 Å². The molecule has 1 aromatic heterocycles. The first-order valence-electron chi connectivity index (χ1n) is 6.61. The summed E-state index contributed by atoms with van der Waals surface area (Å²) in [6.07, 6.45) is 2.97. The number of nitrogens with zero attached hydrogens (tertiary/aromatic N) is 1. The summed E-state index contributed by atoms with van der Waals surface area (Å²) < 4.78 is 0. The molecule has 0 bridgehead atoms. The predicted octanol–water partition coefficient (Wildman–Crippen LogP) is 2.67. The smallest absolute Gasteiger partial charge is 0.270 e. The van der Waals surface area contributed by atoms with Crippen LogP contribution in [0, 0.1) is 5.92 Å². The van der Waals surface area contributed by atoms with Gasteiger partial charge in [-0.2, -0.15) is 0 Å². The SMILES string of the molecule is CC(C)Cc1nc(C(=O)NC2CCNCC2)cs1.Cl.Cl. The van der Waals surface area contributed by atoms with E-state index < -0.39 is 0 Å². The first-order chi connectivity index (χ1) is 8.65. The average molecular weight is 340 g/mol. The van der Waals surface area contributed by atoms with Crippen molar-refractivity contribution in [3.63, 3.8) is 0 Å². The number of amides is 1. The van der Waals surface area contributed by atoms with Crippen LogP contribution in [0.1, 0.15) is 42.2 Å². The molecule has 0 atom stereocenters. The van der Waals surface area contributed by atoms with Crippen LogP contribution in [0.4, 0.5) is 0 Å². The molecule has 0 radical (unpaired) electrons. The van der Waals surface area contributed by atoms with Crippen molar-refractivity contribution in [1.82, 2.24) is 15.6 Å². The third-order valence-corrected chi connectivity index (χ3v) is 3.91. The molecule has 7 heteroatoms. The molecule has 1 fully saturated rings. The maximum atomic E-state index is 12.0. The summed E-state index contributed by atoms with van der Waals surface area (Å²) in [6, 6.07) is 0.300. The molecule has 1 aromatic rings. The zero-order chi connectivity index (χ0) is 13.0. The Morgan fingerprint density at radius 1 is 1.45 bits per heavy atom. The van der Waals surface area contributed by atoms with E-state index in [-0.39, 0.29) is 30.7 Å². The van der Waals surface area contributed by atoms with Gasteiger partial charge in [0.25, 0.3) is 5.91 Å². The van der Waals surface area contributed by atoms with Gasteiger partial charge in [-0.15, -0.1) is 36.2 Å². The molecule has 1 amide bonds. The molecule has 1 aliphatic heterocycles. The van der Waals surface area contributed by atoms with Crippen LogP contribution in [0.25, 0.3) is 0 Å². The summed E-state index contributed by atoms with van der Waals surface area (Å²) in [5.41, 5.74) is 0.578. The van der Waals surface area contributed by atoms with Gasteiger partial charge in [-0.1, -0.05) is 13.8 Å². The first-order valence-corrected chi connectivity index (χ1v) is 7.49. The van der Waals surface area contributed by atoms with Gasteiger partial charge in [0, 0.05) is 17.8 Å². The van der Waals surface area contributed by atoms with Crippen molar-refractivity contribution in [2.24, 2.45) is 5.92 Å². The van der Waals surface area contributed by atoms with E-state index in [2.05, 4.69) is 29.5 Å². The number of hydrogen-bond acceptors (Lipinski definition) is 4. The number of hydrogen-bond donors (Lipinski definition) is 2. The average Bonchev–Trinajstić information content (AvgIpc) is 2.78. The van der Waals surface area contributed by atoms with Crippen LogP contribution in [0.2, 0.25) is 0 Å². The van der Waals surface area contributed by atoms with Crippen molar-refractivity contribution >= 4 is 42.1 Å². The predicted molar refractivity (Wildman–Crippen MR) is 88.5 cm³/mol. The fourth-order valence-corrected chi connectivity index (χ4v) is 3.07. The maximum Gasteiger partial charge on any atom is 0.270 e. The molecule has 0 aromatic carbocycles. The van der Waals surface area contributed by atoms with Gasteiger partial charge in [0.2, 0.25) is 0 Å². The van der Waals surface area contributed by atoms with Crippen molar-refractivity contribution in [3.05, 3.63) is 16.1 Å². The number of nitrogens with one attached hydrogen (secondary N) is 2. The second-order valence-corrected chi connectivity index (χ2v) is 6.16. The van der Waals surface area contributed by atoms with Gasteiger partial charge >= 0.3 is 0 Å². The quantitative estimate of drug-likeness (QED) is 0.886. The Balaban J connectivity index is 0.00000180. The number of piperidine rings is 1. The summed E-state index contributed by atoms with van der Waals surface area (Å²) in [5, 5.41) is 9.28. The summed E-state index contributed by atoms with van der Waals surface area (Å²) in [6.45, 7) is 6.30. The third-order valence-electron chi connectivity index (χ3n) is 3.04. The van der Waals surface area contributed by atoms with Gasteiger partial charge in [-0.3, -0.25) is 4.79 Å². The van der Waals surface area contributed by atoms with Crippen LogP contribution in [-0.4, -0.2) is 30.0 Å². The minimum absolute atomic E-state index is 0. The Labute approximate surface area is 137 Å². The minimum atomic E-state index is -0.0202. The van der Waals surface area contributed by atoms with Gasteiger partial charge < -0.3 is 10.6 Å². The number of rotatable bonds is 4. The van der Waals surface area contributed by atoms with Crippen LogP contribution in [0.3, 0.4) is 0 Å². The van der Waals surface area contributed by atoms with Crippen LogP contribution >= 0.6 is 36.2 Å². The Morgan fingerprint density at radius 2 is 2.10 bits per heavy atom. The molecule has 0 saturated carbocycles. The van der Waals surface area contributed by atoms with E-state index in [0.29, 0.717) is 17.7 Å².